The van der Waals surface area contributed by atoms with Crippen LogP contribution in [0.15, 0.2) is 0 Å². The molecule has 2 rings (SSSR count). The van der Waals surface area contributed by atoms with Gasteiger partial charge in [0.15, 0.2) is 0 Å². The molecule has 0 aromatic carbocycles. The Hall–Kier alpha value is -0.570. The zero-order chi connectivity index (χ0) is 12.2. The van der Waals surface area contributed by atoms with Gasteiger partial charge in [0.25, 0.3) is 0 Å². The van der Waals surface area contributed by atoms with Gasteiger partial charge in [-0.1, -0.05) is 52.4 Å². The van der Waals surface area contributed by atoms with Crippen LogP contribution in [0.1, 0.15) is 59.3 Å². The van der Waals surface area contributed by atoms with Crippen LogP contribution in [0.2, 0.25) is 0 Å². The first-order valence-electron chi connectivity index (χ1n) is 6.54. The Morgan fingerprint density at radius 1 is 1.12 bits per heavy atom. The van der Waals surface area contributed by atoms with Crippen LogP contribution in [0, 0.1) is 0 Å². The lowest BCUT2D eigenvalue weighted by Crippen LogP contribution is -2.05. The lowest BCUT2D eigenvalue weighted by atomic mass is 10.0. The van der Waals surface area contributed by atoms with E-state index in [1.165, 1.54) is 45.4 Å². The fourth-order valence-corrected chi connectivity index (χ4v) is 1.44. The zero-order valence-corrected chi connectivity index (χ0v) is 11.0. The van der Waals surface area contributed by atoms with Gasteiger partial charge in [0.2, 0.25) is 0 Å². The van der Waals surface area contributed by atoms with E-state index in [2.05, 4.69) is 4.74 Å². The second-order valence-corrected chi connectivity index (χ2v) is 3.88. The SMILES string of the molecule is C1CCCCC1.CC.CC(=O)OCC1CO1. The maximum absolute atomic E-state index is 10.1. The highest BCUT2D eigenvalue weighted by Crippen LogP contribution is 2.15. The van der Waals surface area contributed by atoms with Gasteiger partial charge in [-0.3, -0.25) is 4.79 Å². The topological polar surface area (TPSA) is 38.8 Å². The highest BCUT2D eigenvalue weighted by Gasteiger charge is 2.23. The van der Waals surface area contributed by atoms with Crippen molar-refractivity contribution in [2.45, 2.75) is 65.4 Å². The number of epoxide rings is 1. The van der Waals surface area contributed by atoms with E-state index >= 15 is 0 Å². The van der Waals surface area contributed by atoms with Gasteiger partial charge in [-0.05, 0) is 0 Å². The molecule has 1 atom stereocenters. The van der Waals surface area contributed by atoms with Crippen LogP contribution in [-0.2, 0) is 14.3 Å². The van der Waals surface area contributed by atoms with Crippen LogP contribution in [0.5, 0.6) is 0 Å². The van der Waals surface area contributed by atoms with Crippen LogP contribution < -0.4 is 0 Å². The van der Waals surface area contributed by atoms with Crippen molar-refractivity contribution in [2.24, 2.45) is 0 Å². The summed E-state index contributed by atoms with van der Waals surface area (Å²) in [6.07, 6.45) is 9.19. The quantitative estimate of drug-likeness (QED) is 0.539. The summed E-state index contributed by atoms with van der Waals surface area (Å²) in [7, 11) is 0. The number of rotatable bonds is 2. The summed E-state index contributed by atoms with van der Waals surface area (Å²) in [6.45, 7) is 6.56. The van der Waals surface area contributed by atoms with Crippen molar-refractivity contribution in [3.8, 4) is 0 Å². The number of carbonyl (C=O) groups excluding carboxylic acids is 1. The van der Waals surface area contributed by atoms with Gasteiger partial charge >= 0.3 is 5.97 Å². The molecular formula is C13H26O3. The molecule has 0 spiro atoms. The number of esters is 1. The number of hydrogen-bond donors (Lipinski definition) is 0. The van der Waals surface area contributed by atoms with Gasteiger partial charge in [-0.15, -0.1) is 0 Å². The van der Waals surface area contributed by atoms with Gasteiger partial charge in [0.1, 0.15) is 12.7 Å². The van der Waals surface area contributed by atoms with Crippen LogP contribution >= 0.6 is 0 Å². The van der Waals surface area contributed by atoms with E-state index in [1.807, 2.05) is 13.8 Å². The van der Waals surface area contributed by atoms with E-state index < -0.39 is 0 Å². The van der Waals surface area contributed by atoms with Crippen LogP contribution in [0.3, 0.4) is 0 Å². The van der Waals surface area contributed by atoms with Gasteiger partial charge in [-0.25, -0.2) is 0 Å². The van der Waals surface area contributed by atoms with Gasteiger partial charge < -0.3 is 9.47 Å². The van der Waals surface area contributed by atoms with Crippen molar-refractivity contribution in [3.05, 3.63) is 0 Å². The minimum absolute atomic E-state index is 0.193. The van der Waals surface area contributed by atoms with E-state index in [4.69, 9.17) is 4.74 Å². The maximum atomic E-state index is 10.1. The minimum atomic E-state index is -0.236. The first-order chi connectivity index (χ1) is 7.79. The summed E-state index contributed by atoms with van der Waals surface area (Å²) < 4.78 is 9.38. The van der Waals surface area contributed by atoms with E-state index in [9.17, 15) is 4.79 Å². The molecule has 1 heterocycles. The summed E-state index contributed by atoms with van der Waals surface area (Å²) in [6, 6.07) is 0. The molecule has 1 saturated carbocycles. The van der Waals surface area contributed by atoms with Crippen LogP contribution in [0.25, 0.3) is 0 Å². The smallest absolute Gasteiger partial charge is 0.302 e. The third-order valence-electron chi connectivity index (χ3n) is 2.37. The van der Waals surface area contributed by atoms with Crippen molar-refractivity contribution in [3.63, 3.8) is 0 Å². The van der Waals surface area contributed by atoms with Gasteiger partial charge in [-0.2, -0.15) is 0 Å². The third kappa shape index (κ3) is 11.5. The Morgan fingerprint density at radius 2 is 1.50 bits per heavy atom. The van der Waals surface area contributed by atoms with E-state index in [-0.39, 0.29) is 12.1 Å². The Morgan fingerprint density at radius 3 is 1.75 bits per heavy atom. The minimum Gasteiger partial charge on any atom is -0.463 e. The molecule has 16 heavy (non-hydrogen) atoms. The standard InChI is InChI=1S/C6H12.C5H8O3.C2H6/c1-2-4-6-5-3-1;1-4(6)7-2-5-3-8-5;1-2/h1-6H2;5H,2-3H2,1H3;1-2H3. The highest BCUT2D eigenvalue weighted by molar-refractivity contribution is 5.65. The molecule has 2 aliphatic rings. The van der Waals surface area contributed by atoms with Crippen LogP contribution in [-0.4, -0.2) is 25.3 Å². The van der Waals surface area contributed by atoms with E-state index in [0.717, 1.165) is 6.61 Å². The molecule has 0 aromatic rings. The largest absolute Gasteiger partial charge is 0.463 e. The fraction of sp³-hybridized carbons (Fsp3) is 0.923. The Balaban J connectivity index is 0.000000251. The molecule has 1 saturated heterocycles. The predicted molar refractivity (Wildman–Crippen MR) is 65.4 cm³/mol. The first kappa shape index (κ1) is 15.4. The number of ether oxygens (including phenoxy) is 2. The molecule has 0 N–H and O–H groups in total. The summed E-state index contributed by atoms with van der Waals surface area (Å²) in [4.78, 5) is 10.1. The Kier molecular flexibility index (Phi) is 10.5. The van der Waals surface area contributed by atoms with E-state index in [0.29, 0.717) is 6.61 Å². The summed E-state index contributed by atoms with van der Waals surface area (Å²) >= 11 is 0. The monoisotopic (exact) mass is 230 g/mol. The van der Waals surface area contributed by atoms with E-state index in [1.54, 1.807) is 0 Å². The third-order valence-corrected chi connectivity index (χ3v) is 2.37. The van der Waals surface area contributed by atoms with Crippen molar-refractivity contribution >= 4 is 5.97 Å². The molecule has 0 amide bonds. The number of carbonyl (C=O) groups is 1. The maximum Gasteiger partial charge on any atom is 0.302 e. The second-order valence-electron chi connectivity index (χ2n) is 3.88. The summed E-state index contributed by atoms with van der Waals surface area (Å²) in [5.41, 5.74) is 0. The second kappa shape index (κ2) is 10.9. The number of hydrogen-bond acceptors (Lipinski definition) is 3. The summed E-state index contributed by atoms with van der Waals surface area (Å²) in [5, 5.41) is 0. The highest BCUT2D eigenvalue weighted by atomic mass is 16.6. The molecule has 1 unspecified atom stereocenters. The fourth-order valence-electron chi connectivity index (χ4n) is 1.44. The molecule has 0 radical (unpaired) electrons. The summed E-state index contributed by atoms with van der Waals surface area (Å²) in [5.74, 6) is -0.236. The van der Waals surface area contributed by atoms with Crippen molar-refractivity contribution in [2.75, 3.05) is 13.2 Å². The normalized spacial score (nSPS) is 21.8. The lowest BCUT2D eigenvalue weighted by molar-refractivity contribution is -0.141. The molecule has 2 fully saturated rings. The Bertz CT molecular complexity index is 149. The van der Waals surface area contributed by atoms with Crippen molar-refractivity contribution in [1.82, 2.24) is 0 Å². The molecule has 1 aliphatic heterocycles. The molecule has 3 nitrogen and oxygen atoms in total. The molecule has 1 aliphatic carbocycles. The molecule has 0 bridgehead atoms. The average molecular weight is 230 g/mol. The predicted octanol–water partition coefficient (Wildman–Crippen LogP) is 3.32. The average Bonchev–Trinajstić information content (AvgIpc) is 3.16. The molecule has 3 heteroatoms. The molecule has 0 aromatic heterocycles. The van der Waals surface area contributed by atoms with Gasteiger partial charge in [0.05, 0.1) is 6.61 Å². The van der Waals surface area contributed by atoms with Crippen molar-refractivity contribution < 1.29 is 14.3 Å². The zero-order valence-electron chi connectivity index (χ0n) is 11.0. The lowest BCUT2D eigenvalue weighted by Gasteiger charge is -2.05. The molecular weight excluding hydrogens is 204 g/mol. The molecule has 96 valence electrons. The first-order valence-corrected chi connectivity index (χ1v) is 6.54. The van der Waals surface area contributed by atoms with Gasteiger partial charge in [0, 0.05) is 6.92 Å². The Labute approximate surface area is 99.5 Å². The van der Waals surface area contributed by atoms with Crippen molar-refractivity contribution in [1.29, 1.82) is 0 Å². The van der Waals surface area contributed by atoms with Crippen LogP contribution in [0.4, 0.5) is 0 Å².